The number of nitrogen functional groups attached to an aromatic ring is 1. The fourth-order valence-electron chi connectivity index (χ4n) is 1.74. The van der Waals surface area contributed by atoms with Crippen LogP contribution in [0.25, 0.3) is 0 Å². The molecular formula is C14H15FN2. The number of aryl methyl sites for hydroxylation is 2. The topological polar surface area (TPSA) is 38.0 Å². The van der Waals surface area contributed by atoms with E-state index in [1.807, 2.05) is 26.0 Å². The molecule has 0 aromatic heterocycles. The third-order valence-electron chi connectivity index (χ3n) is 2.70. The molecule has 0 aliphatic rings. The molecule has 2 nitrogen and oxygen atoms in total. The number of nitrogens with two attached hydrogens (primary N) is 1. The molecule has 0 fully saturated rings. The lowest BCUT2D eigenvalue weighted by Crippen LogP contribution is -2.00. The summed E-state index contributed by atoms with van der Waals surface area (Å²) in [5.41, 5.74) is 9.65. The zero-order chi connectivity index (χ0) is 12.4. The summed E-state index contributed by atoms with van der Waals surface area (Å²) in [5.74, 6) is -0.403. The lowest BCUT2D eigenvalue weighted by atomic mass is 10.1. The first-order valence-corrected chi connectivity index (χ1v) is 5.46. The number of rotatable bonds is 2. The first-order valence-electron chi connectivity index (χ1n) is 5.46. The molecule has 0 heterocycles. The van der Waals surface area contributed by atoms with E-state index in [1.54, 1.807) is 12.1 Å². The van der Waals surface area contributed by atoms with Gasteiger partial charge < -0.3 is 11.1 Å². The second-order valence-corrected chi connectivity index (χ2v) is 4.14. The van der Waals surface area contributed by atoms with Gasteiger partial charge in [-0.05, 0) is 37.6 Å². The number of hydrogen-bond donors (Lipinski definition) is 2. The van der Waals surface area contributed by atoms with Crippen LogP contribution < -0.4 is 11.1 Å². The summed E-state index contributed by atoms with van der Waals surface area (Å²) in [4.78, 5) is 0. The van der Waals surface area contributed by atoms with E-state index in [0.717, 1.165) is 11.3 Å². The third-order valence-corrected chi connectivity index (χ3v) is 2.70. The molecule has 0 aliphatic heterocycles. The van der Waals surface area contributed by atoms with Gasteiger partial charge in [0.2, 0.25) is 0 Å². The maximum absolute atomic E-state index is 13.3. The molecule has 0 bridgehead atoms. The average Bonchev–Trinajstić information content (AvgIpc) is 2.28. The molecular weight excluding hydrogens is 215 g/mol. The lowest BCUT2D eigenvalue weighted by Gasteiger charge is -2.12. The van der Waals surface area contributed by atoms with Gasteiger partial charge in [-0.3, -0.25) is 0 Å². The lowest BCUT2D eigenvalue weighted by molar-refractivity contribution is 0.633. The van der Waals surface area contributed by atoms with Crippen molar-refractivity contribution in [3.8, 4) is 0 Å². The summed E-state index contributed by atoms with van der Waals surface area (Å²) in [5, 5.41) is 3.14. The van der Waals surface area contributed by atoms with Gasteiger partial charge in [-0.15, -0.1) is 0 Å². The highest BCUT2D eigenvalue weighted by Gasteiger charge is 2.05. The Morgan fingerprint density at radius 3 is 2.53 bits per heavy atom. The van der Waals surface area contributed by atoms with Crippen LogP contribution in [0.5, 0.6) is 0 Å². The van der Waals surface area contributed by atoms with E-state index in [4.69, 9.17) is 5.73 Å². The standard InChI is InChI=1S/C14H15FN2/c1-9-6-7-12(10(2)8-9)17-13-5-3-4-11(15)14(13)16/h3-8,17H,16H2,1-2H3. The number of para-hydroxylation sites is 1. The normalized spacial score (nSPS) is 10.3. The quantitative estimate of drug-likeness (QED) is 0.771. The minimum atomic E-state index is -0.403. The Labute approximate surface area is 100 Å². The van der Waals surface area contributed by atoms with Gasteiger partial charge in [-0.25, -0.2) is 4.39 Å². The van der Waals surface area contributed by atoms with Crippen molar-refractivity contribution in [1.29, 1.82) is 0 Å². The van der Waals surface area contributed by atoms with Crippen LogP contribution >= 0.6 is 0 Å². The highest BCUT2D eigenvalue weighted by molar-refractivity contribution is 5.74. The van der Waals surface area contributed by atoms with Crippen molar-refractivity contribution in [2.75, 3.05) is 11.1 Å². The van der Waals surface area contributed by atoms with Gasteiger partial charge in [0.15, 0.2) is 0 Å². The van der Waals surface area contributed by atoms with E-state index in [1.165, 1.54) is 11.6 Å². The molecule has 0 unspecified atom stereocenters. The molecule has 0 amide bonds. The van der Waals surface area contributed by atoms with Crippen molar-refractivity contribution in [3.05, 3.63) is 53.3 Å². The van der Waals surface area contributed by atoms with Crippen molar-refractivity contribution in [2.24, 2.45) is 0 Å². The van der Waals surface area contributed by atoms with Gasteiger partial charge in [0.1, 0.15) is 5.82 Å². The highest BCUT2D eigenvalue weighted by atomic mass is 19.1. The molecule has 0 saturated heterocycles. The molecule has 0 saturated carbocycles. The molecule has 17 heavy (non-hydrogen) atoms. The molecule has 3 N–H and O–H groups in total. The zero-order valence-corrected chi connectivity index (χ0v) is 9.92. The van der Waals surface area contributed by atoms with Gasteiger partial charge in [-0.1, -0.05) is 23.8 Å². The van der Waals surface area contributed by atoms with Crippen LogP contribution in [0, 0.1) is 19.7 Å². The van der Waals surface area contributed by atoms with E-state index in [-0.39, 0.29) is 5.69 Å². The van der Waals surface area contributed by atoms with Crippen molar-refractivity contribution in [1.82, 2.24) is 0 Å². The van der Waals surface area contributed by atoms with Crippen LogP contribution in [0.4, 0.5) is 21.5 Å². The number of anilines is 3. The largest absolute Gasteiger partial charge is 0.395 e. The predicted molar refractivity (Wildman–Crippen MR) is 70.0 cm³/mol. The minimum Gasteiger partial charge on any atom is -0.395 e. The van der Waals surface area contributed by atoms with E-state index in [9.17, 15) is 4.39 Å². The molecule has 3 heteroatoms. The van der Waals surface area contributed by atoms with Crippen LogP contribution in [-0.4, -0.2) is 0 Å². The number of halogens is 1. The maximum Gasteiger partial charge on any atom is 0.148 e. The Hall–Kier alpha value is -2.03. The SMILES string of the molecule is Cc1ccc(Nc2cccc(F)c2N)c(C)c1. The van der Waals surface area contributed by atoms with E-state index in [0.29, 0.717) is 5.69 Å². The van der Waals surface area contributed by atoms with Crippen LogP contribution in [0.1, 0.15) is 11.1 Å². The summed E-state index contributed by atoms with van der Waals surface area (Å²) >= 11 is 0. The van der Waals surface area contributed by atoms with E-state index < -0.39 is 5.82 Å². The summed E-state index contributed by atoms with van der Waals surface area (Å²) in [7, 11) is 0. The van der Waals surface area contributed by atoms with E-state index >= 15 is 0 Å². The molecule has 2 rings (SSSR count). The Balaban J connectivity index is 2.35. The smallest absolute Gasteiger partial charge is 0.148 e. The summed E-state index contributed by atoms with van der Waals surface area (Å²) in [6, 6.07) is 10.8. The predicted octanol–water partition coefficient (Wildman–Crippen LogP) is 3.77. The molecule has 0 spiro atoms. The molecule has 0 radical (unpaired) electrons. The molecule has 2 aromatic carbocycles. The maximum atomic E-state index is 13.3. The van der Waals surface area contributed by atoms with Gasteiger partial charge in [0.25, 0.3) is 0 Å². The zero-order valence-electron chi connectivity index (χ0n) is 9.92. The summed E-state index contributed by atoms with van der Waals surface area (Å²) < 4.78 is 13.3. The molecule has 88 valence electrons. The second-order valence-electron chi connectivity index (χ2n) is 4.14. The highest BCUT2D eigenvalue weighted by Crippen LogP contribution is 2.27. The Morgan fingerprint density at radius 1 is 1.06 bits per heavy atom. The van der Waals surface area contributed by atoms with Gasteiger partial charge in [0.05, 0.1) is 11.4 Å². The summed E-state index contributed by atoms with van der Waals surface area (Å²) in [6.07, 6.45) is 0. The molecule has 2 aromatic rings. The minimum absolute atomic E-state index is 0.146. The Bertz CT molecular complexity index is 550. The first kappa shape index (κ1) is 11.5. The number of benzene rings is 2. The Kier molecular flexibility index (Phi) is 3.00. The molecule has 0 atom stereocenters. The average molecular weight is 230 g/mol. The van der Waals surface area contributed by atoms with Crippen molar-refractivity contribution in [3.63, 3.8) is 0 Å². The first-order chi connectivity index (χ1) is 8.08. The monoisotopic (exact) mass is 230 g/mol. The molecule has 0 aliphatic carbocycles. The third kappa shape index (κ3) is 2.38. The second kappa shape index (κ2) is 4.45. The van der Waals surface area contributed by atoms with Gasteiger partial charge >= 0.3 is 0 Å². The van der Waals surface area contributed by atoms with E-state index in [2.05, 4.69) is 11.4 Å². The number of nitrogens with one attached hydrogen (secondary N) is 1. The van der Waals surface area contributed by atoms with Crippen LogP contribution in [0.3, 0.4) is 0 Å². The van der Waals surface area contributed by atoms with Crippen molar-refractivity contribution < 1.29 is 4.39 Å². The van der Waals surface area contributed by atoms with Crippen LogP contribution in [0.2, 0.25) is 0 Å². The fourth-order valence-corrected chi connectivity index (χ4v) is 1.74. The fraction of sp³-hybridized carbons (Fsp3) is 0.143. The Morgan fingerprint density at radius 2 is 1.82 bits per heavy atom. The number of hydrogen-bond acceptors (Lipinski definition) is 2. The van der Waals surface area contributed by atoms with Crippen molar-refractivity contribution >= 4 is 17.1 Å². The van der Waals surface area contributed by atoms with Crippen molar-refractivity contribution in [2.45, 2.75) is 13.8 Å². The van der Waals surface area contributed by atoms with Crippen LogP contribution in [-0.2, 0) is 0 Å². The van der Waals surface area contributed by atoms with Gasteiger partial charge in [-0.2, -0.15) is 0 Å². The van der Waals surface area contributed by atoms with Crippen LogP contribution in [0.15, 0.2) is 36.4 Å². The van der Waals surface area contributed by atoms with Gasteiger partial charge in [0, 0.05) is 5.69 Å². The summed E-state index contributed by atoms with van der Waals surface area (Å²) in [6.45, 7) is 4.04.